The number of carbonyl (C=O) groups excluding carboxylic acids is 1. The Morgan fingerprint density at radius 1 is 1.06 bits per heavy atom. The SMILES string of the molecule is COc1cc(/C=C2\SC(=S)N(C)C2=O)ccc1OCCOc1cc(C)ccc1C(C)C. The van der Waals surface area contributed by atoms with Crippen molar-refractivity contribution in [2.45, 2.75) is 26.7 Å². The van der Waals surface area contributed by atoms with Gasteiger partial charge in [0.15, 0.2) is 11.5 Å². The number of hydrogen-bond acceptors (Lipinski definition) is 6. The van der Waals surface area contributed by atoms with Crippen molar-refractivity contribution in [3.63, 3.8) is 0 Å². The fourth-order valence-electron chi connectivity index (χ4n) is 3.14. The van der Waals surface area contributed by atoms with Gasteiger partial charge in [-0.15, -0.1) is 0 Å². The van der Waals surface area contributed by atoms with Crippen molar-refractivity contribution in [3.8, 4) is 17.2 Å². The van der Waals surface area contributed by atoms with Crippen LogP contribution in [0.1, 0.15) is 36.5 Å². The molecule has 0 atom stereocenters. The molecule has 1 heterocycles. The first-order valence-electron chi connectivity index (χ1n) is 10.1. The van der Waals surface area contributed by atoms with Crippen LogP contribution in [0.4, 0.5) is 0 Å². The standard InChI is InChI=1S/C24H27NO4S2/c1-15(2)18-8-6-16(3)12-20(18)29-11-10-28-19-9-7-17(13-21(19)27-5)14-22-23(26)25(4)24(30)31-22/h6-9,12-15H,10-11H2,1-5H3/b22-14-. The molecule has 1 saturated heterocycles. The summed E-state index contributed by atoms with van der Waals surface area (Å²) >= 11 is 6.47. The summed E-state index contributed by atoms with van der Waals surface area (Å²) in [5.74, 6) is 2.41. The monoisotopic (exact) mass is 457 g/mol. The molecule has 7 heteroatoms. The second kappa shape index (κ2) is 10.2. The maximum Gasteiger partial charge on any atom is 0.265 e. The lowest BCUT2D eigenvalue weighted by Crippen LogP contribution is -2.22. The minimum Gasteiger partial charge on any atom is -0.493 e. The average molecular weight is 458 g/mol. The summed E-state index contributed by atoms with van der Waals surface area (Å²) in [6.45, 7) is 7.17. The summed E-state index contributed by atoms with van der Waals surface area (Å²) in [7, 11) is 3.27. The van der Waals surface area contributed by atoms with Crippen molar-refractivity contribution in [2.24, 2.45) is 0 Å². The van der Waals surface area contributed by atoms with Gasteiger partial charge in [0.1, 0.15) is 23.3 Å². The predicted octanol–water partition coefficient (Wildman–Crippen LogP) is 5.42. The van der Waals surface area contributed by atoms with E-state index < -0.39 is 0 Å². The molecule has 164 valence electrons. The molecule has 1 aliphatic rings. The van der Waals surface area contributed by atoms with E-state index in [-0.39, 0.29) is 5.91 Å². The molecule has 5 nitrogen and oxygen atoms in total. The zero-order chi connectivity index (χ0) is 22.5. The summed E-state index contributed by atoms with van der Waals surface area (Å²) in [6.07, 6.45) is 1.81. The summed E-state index contributed by atoms with van der Waals surface area (Å²) < 4.78 is 17.9. The molecule has 0 saturated carbocycles. The Bertz CT molecular complexity index is 1020. The fraction of sp³-hybridized carbons (Fsp3) is 0.333. The number of amides is 1. The largest absolute Gasteiger partial charge is 0.493 e. The molecule has 31 heavy (non-hydrogen) atoms. The average Bonchev–Trinajstić information content (AvgIpc) is 2.98. The Hall–Kier alpha value is -2.51. The number of aryl methyl sites for hydroxylation is 1. The van der Waals surface area contributed by atoms with Crippen molar-refractivity contribution < 1.29 is 19.0 Å². The third-order valence-corrected chi connectivity index (χ3v) is 6.35. The van der Waals surface area contributed by atoms with Gasteiger partial charge in [-0.3, -0.25) is 9.69 Å². The molecule has 0 radical (unpaired) electrons. The minimum absolute atomic E-state index is 0.0941. The van der Waals surface area contributed by atoms with Gasteiger partial charge in [0.05, 0.1) is 12.0 Å². The van der Waals surface area contributed by atoms with E-state index in [1.54, 1.807) is 14.2 Å². The van der Waals surface area contributed by atoms with Crippen LogP contribution >= 0.6 is 24.0 Å². The van der Waals surface area contributed by atoms with Gasteiger partial charge in [-0.25, -0.2) is 0 Å². The Kier molecular flexibility index (Phi) is 7.62. The second-order valence-electron chi connectivity index (χ2n) is 7.54. The van der Waals surface area contributed by atoms with Gasteiger partial charge in [0.2, 0.25) is 0 Å². The number of nitrogens with zero attached hydrogens (tertiary/aromatic N) is 1. The number of hydrogen-bond donors (Lipinski definition) is 0. The number of ether oxygens (including phenoxy) is 3. The van der Waals surface area contributed by atoms with Gasteiger partial charge in [-0.2, -0.15) is 0 Å². The zero-order valence-electron chi connectivity index (χ0n) is 18.4. The van der Waals surface area contributed by atoms with E-state index in [0.29, 0.717) is 39.9 Å². The lowest BCUT2D eigenvalue weighted by molar-refractivity contribution is -0.121. The summed E-state index contributed by atoms with van der Waals surface area (Å²) in [4.78, 5) is 14.3. The highest BCUT2D eigenvalue weighted by Gasteiger charge is 2.28. The molecule has 1 aliphatic heterocycles. The number of thiocarbonyl (C=S) groups is 1. The molecular formula is C24H27NO4S2. The summed E-state index contributed by atoms with van der Waals surface area (Å²) in [5.41, 5.74) is 3.19. The first-order chi connectivity index (χ1) is 14.8. The Morgan fingerprint density at radius 3 is 2.39 bits per heavy atom. The maximum absolute atomic E-state index is 12.2. The van der Waals surface area contributed by atoms with E-state index in [1.807, 2.05) is 24.3 Å². The van der Waals surface area contributed by atoms with Crippen LogP contribution in [0.25, 0.3) is 6.08 Å². The van der Waals surface area contributed by atoms with Crippen LogP contribution in [-0.4, -0.2) is 42.5 Å². The molecule has 0 aromatic heterocycles. The van der Waals surface area contributed by atoms with E-state index >= 15 is 0 Å². The van der Waals surface area contributed by atoms with Gasteiger partial charge in [0, 0.05) is 7.05 Å². The number of thioether (sulfide) groups is 1. The summed E-state index contributed by atoms with van der Waals surface area (Å²) in [5, 5.41) is 0. The second-order valence-corrected chi connectivity index (χ2v) is 9.22. The first-order valence-corrected chi connectivity index (χ1v) is 11.3. The highest BCUT2D eigenvalue weighted by atomic mass is 32.2. The molecule has 2 aromatic carbocycles. The molecule has 0 spiro atoms. The molecular weight excluding hydrogens is 430 g/mol. The molecule has 3 rings (SSSR count). The fourth-order valence-corrected chi connectivity index (χ4v) is 4.32. The van der Waals surface area contributed by atoms with E-state index in [4.69, 9.17) is 26.4 Å². The molecule has 0 N–H and O–H groups in total. The van der Waals surface area contributed by atoms with Crippen molar-refractivity contribution in [3.05, 3.63) is 58.0 Å². The Labute approximate surface area is 193 Å². The Balaban J connectivity index is 1.64. The van der Waals surface area contributed by atoms with Crippen molar-refractivity contribution in [1.82, 2.24) is 4.90 Å². The van der Waals surface area contributed by atoms with Crippen molar-refractivity contribution >= 4 is 40.3 Å². The van der Waals surface area contributed by atoms with Crippen LogP contribution in [0.15, 0.2) is 41.3 Å². The van der Waals surface area contributed by atoms with Crippen molar-refractivity contribution in [2.75, 3.05) is 27.4 Å². The topological polar surface area (TPSA) is 48.0 Å². The van der Waals surface area contributed by atoms with E-state index in [2.05, 4.69) is 39.0 Å². The highest BCUT2D eigenvalue weighted by Crippen LogP contribution is 2.34. The van der Waals surface area contributed by atoms with E-state index in [9.17, 15) is 4.79 Å². The molecule has 0 aliphatic carbocycles. The minimum atomic E-state index is -0.0941. The Morgan fingerprint density at radius 2 is 1.77 bits per heavy atom. The smallest absolute Gasteiger partial charge is 0.265 e. The van der Waals surface area contributed by atoms with E-state index in [1.165, 1.54) is 22.2 Å². The lowest BCUT2D eigenvalue weighted by Gasteiger charge is -2.16. The predicted molar refractivity (Wildman–Crippen MR) is 130 cm³/mol. The quantitative estimate of drug-likeness (QED) is 0.300. The van der Waals surface area contributed by atoms with Gasteiger partial charge in [-0.1, -0.05) is 56.0 Å². The third-order valence-electron chi connectivity index (χ3n) is 4.86. The maximum atomic E-state index is 12.2. The highest BCUT2D eigenvalue weighted by molar-refractivity contribution is 8.26. The molecule has 1 fully saturated rings. The number of carbonyl (C=O) groups is 1. The summed E-state index contributed by atoms with van der Waals surface area (Å²) in [6, 6.07) is 11.8. The normalized spacial score (nSPS) is 15.2. The van der Waals surface area contributed by atoms with Gasteiger partial charge in [-0.05, 0) is 53.8 Å². The van der Waals surface area contributed by atoms with Gasteiger partial charge in [0.25, 0.3) is 5.91 Å². The molecule has 0 unspecified atom stereocenters. The number of rotatable bonds is 8. The first kappa shape index (κ1) is 23.2. The van der Waals surface area contributed by atoms with Crippen LogP contribution in [0, 0.1) is 6.92 Å². The lowest BCUT2D eigenvalue weighted by atomic mass is 10.0. The van der Waals surface area contributed by atoms with Crippen LogP contribution in [0.2, 0.25) is 0 Å². The number of benzene rings is 2. The molecule has 1 amide bonds. The number of likely N-dealkylation sites (N-methyl/N-ethyl adjacent to an activating group) is 1. The van der Waals surface area contributed by atoms with Crippen LogP contribution < -0.4 is 14.2 Å². The third kappa shape index (κ3) is 5.60. The zero-order valence-corrected chi connectivity index (χ0v) is 20.1. The van der Waals surface area contributed by atoms with Gasteiger partial charge >= 0.3 is 0 Å². The van der Waals surface area contributed by atoms with Crippen LogP contribution in [0.3, 0.4) is 0 Å². The van der Waals surface area contributed by atoms with Crippen molar-refractivity contribution in [1.29, 1.82) is 0 Å². The molecule has 0 bridgehead atoms. The van der Waals surface area contributed by atoms with Gasteiger partial charge < -0.3 is 14.2 Å². The van der Waals surface area contributed by atoms with Crippen LogP contribution in [-0.2, 0) is 4.79 Å². The van der Waals surface area contributed by atoms with E-state index in [0.717, 1.165) is 16.9 Å². The van der Waals surface area contributed by atoms with Crippen LogP contribution in [0.5, 0.6) is 17.2 Å². The number of methoxy groups -OCH3 is 1. The molecule has 2 aromatic rings.